The maximum Gasteiger partial charge on any atom is 0.307 e. The first-order valence-electron chi connectivity index (χ1n) is 7.18. The molecule has 1 aromatic carbocycles. The Morgan fingerprint density at radius 1 is 1.24 bits per heavy atom. The molecule has 0 fully saturated rings. The van der Waals surface area contributed by atoms with Gasteiger partial charge in [0.15, 0.2) is 6.61 Å². The van der Waals surface area contributed by atoms with E-state index < -0.39 is 0 Å². The summed E-state index contributed by atoms with van der Waals surface area (Å²) in [7, 11) is 1.65. The van der Waals surface area contributed by atoms with Crippen LogP contribution in [0.2, 0.25) is 0 Å². The first-order chi connectivity index (χ1) is 10.1. The lowest BCUT2D eigenvalue weighted by molar-refractivity contribution is -0.144. The van der Waals surface area contributed by atoms with Crippen molar-refractivity contribution in [3.05, 3.63) is 29.8 Å². The molecular weight excluding hydrogens is 270 g/mol. The number of amides is 1. The second-order valence-electron chi connectivity index (χ2n) is 4.66. The van der Waals surface area contributed by atoms with E-state index in [0.29, 0.717) is 18.9 Å². The van der Waals surface area contributed by atoms with Gasteiger partial charge in [-0.15, -0.1) is 0 Å². The highest BCUT2D eigenvalue weighted by atomic mass is 16.5. The molecule has 0 unspecified atom stereocenters. The van der Waals surface area contributed by atoms with Crippen molar-refractivity contribution in [3.63, 3.8) is 0 Å². The zero-order chi connectivity index (χ0) is 15.7. The SMILES string of the molecule is CCOC(=O)CCN(C)C(=O)COc1cccc(CC)c1. The normalized spacial score (nSPS) is 10.0. The fourth-order valence-electron chi connectivity index (χ4n) is 1.73. The highest BCUT2D eigenvalue weighted by molar-refractivity contribution is 5.78. The van der Waals surface area contributed by atoms with Crippen molar-refractivity contribution >= 4 is 11.9 Å². The molecule has 5 heteroatoms. The maximum absolute atomic E-state index is 11.9. The van der Waals surface area contributed by atoms with E-state index >= 15 is 0 Å². The van der Waals surface area contributed by atoms with Crippen LogP contribution >= 0.6 is 0 Å². The number of likely N-dealkylation sites (N-methyl/N-ethyl adjacent to an activating group) is 1. The average Bonchev–Trinajstić information content (AvgIpc) is 2.50. The van der Waals surface area contributed by atoms with Crippen molar-refractivity contribution in [3.8, 4) is 5.75 Å². The third-order valence-electron chi connectivity index (χ3n) is 3.05. The summed E-state index contributed by atoms with van der Waals surface area (Å²) in [6.07, 6.45) is 1.12. The summed E-state index contributed by atoms with van der Waals surface area (Å²) in [5, 5.41) is 0. The molecule has 0 atom stereocenters. The number of carbonyl (C=O) groups is 2. The lowest BCUT2D eigenvalue weighted by Crippen LogP contribution is -2.33. The van der Waals surface area contributed by atoms with Gasteiger partial charge in [0, 0.05) is 13.6 Å². The largest absolute Gasteiger partial charge is 0.484 e. The molecule has 0 spiro atoms. The van der Waals surface area contributed by atoms with Crippen molar-refractivity contribution in [1.29, 1.82) is 0 Å². The molecule has 5 nitrogen and oxygen atoms in total. The zero-order valence-corrected chi connectivity index (χ0v) is 12.9. The standard InChI is InChI=1S/C16H23NO4/c1-4-13-7-6-8-14(11-13)21-12-15(18)17(3)10-9-16(19)20-5-2/h6-8,11H,4-5,9-10,12H2,1-3H3. The molecule has 1 aromatic rings. The number of esters is 1. The van der Waals surface area contributed by atoms with Gasteiger partial charge in [0.2, 0.25) is 0 Å². The van der Waals surface area contributed by atoms with Crippen LogP contribution in [0.1, 0.15) is 25.8 Å². The lowest BCUT2D eigenvalue weighted by Gasteiger charge is -2.17. The molecule has 0 saturated carbocycles. The summed E-state index contributed by atoms with van der Waals surface area (Å²) < 4.78 is 10.3. The Morgan fingerprint density at radius 3 is 2.67 bits per heavy atom. The first kappa shape index (κ1) is 17.0. The Balaban J connectivity index is 2.36. The summed E-state index contributed by atoms with van der Waals surface area (Å²) in [4.78, 5) is 24.6. The van der Waals surface area contributed by atoms with Gasteiger partial charge < -0.3 is 14.4 Å². The highest BCUT2D eigenvalue weighted by Crippen LogP contribution is 2.13. The van der Waals surface area contributed by atoms with Crippen molar-refractivity contribution in [2.75, 3.05) is 26.8 Å². The van der Waals surface area contributed by atoms with Crippen LogP contribution in [0.15, 0.2) is 24.3 Å². The molecule has 0 N–H and O–H groups in total. The fourth-order valence-corrected chi connectivity index (χ4v) is 1.73. The minimum absolute atomic E-state index is 0.0352. The van der Waals surface area contributed by atoms with E-state index in [1.54, 1.807) is 14.0 Å². The van der Waals surface area contributed by atoms with Gasteiger partial charge in [-0.05, 0) is 31.0 Å². The van der Waals surface area contributed by atoms with Gasteiger partial charge in [-0.25, -0.2) is 0 Å². The molecule has 0 aliphatic rings. The van der Waals surface area contributed by atoms with Gasteiger partial charge in [-0.1, -0.05) is 19.1 Å². The predicted molar refractivity (Wildman–Crippen MR) is 80.2 cm³/mol. The zero-order valence-electron chi connectivity index (χ0n) is 12.9. The summed E-state index contributed by atoms with van der Waals surface area (Å²) in [6.45, 7) is 4.47. The van der Waals surface area contributed by atoms with Crippen LogP contribution in [-0.4, -0.2) is 43.6 Å². The third kappa shape index (κ3) is 6.29. The Morgan fingerprint density at radius 2 is 2.00 bits per heavy atom. The quantitative estimate of drug-likeness (QED) is 0.688. The number of nitrogens with zero attached hydrogens (tertiary/aromatic N) is 1. The monoisotopic (exact) mass is 293 g/mol. The van der Waals surface area contributed by atoms with E-state index in [4.69, 9.17) is 9.47 Å². The summed E-state index contributed by atoms with van der Waals surface area (Å²) in [6, 6.07) is 7.67. The number of rotatable bonds is 8. The van der Waals surface area contributed by atoms with Crippen LogP contribution in [0.4, 0.5) is 0 Å². The minimum atomic E-state index is -0.297. The molecule has 0 radical (unpaired) electrons. The van der Waals surface area contributed by atoms with Gasteiger partial charge in [-0.3, -0.25) is 9.59 Å². The molecule has 0 aromatic heterocycles. The second kappa shape index (κ2) is 9.00. The van der Waals surface area contributed by atoms with Gasteiger partial charge in [-0.2, -0.15) is 0 Å². The van der Waals surface area contributed by atoms with Crippen LogP contribution < -0.4 is 4.74 Å². The van der Waals surface area contributed by atoms with Crippen molar-refractivity contribution in [1.82, 2.24) is 4.90 Å². The van der Waals surface area contributed by atoms with Crippen molar-refractivity contribution in [2.45, 2.75) is 26.7 Å². The van der Waals surface area contributed by atoms with E-state index in [1.165, 1.54) is 4.90 Å². The number of benzene rings is 1. The second-order valence-corrected chi connectivity index (χ2v) is 4.66. The van der Waals surface area contributed by atoms with Gasteiger partial charge in [0.1, 0.15) is 5.75 Å². The number of ether oxygens (including phenoxy) is 2. The smallest absolute Gasteiger partial charge is 0.307 e. The highest BCUT2D eigenvalue weighted by Gasteiger charge is 2.12. The lowest BCUT2D eigenvalue weighted by atomic mass is 10.2. The Kier molecular flexibility index (Phi) is 7.29. The van der Waals surface area contributed by atoms with Crippen LogP contribution in [0.3, 0.4) is 0 Å². The van der Waals surface area contributed by atoms with Crippen molar-refractivity contribution in [2.24, 2.45) is 0 Å². The molecule has 1 amide bonds. The molecular formula is C16H23NO4. The Bertz CT molecular complexity index is 473. The van der Waals surface area contributed by atoms with Crippen LogP contribution in [-0.2, 0) is 20.7 Å². The average molecular weight is 293 g/mol. The molecule has 0 saturated heterocycles. The molecule has 21 heavy (non-hydrogen) atoms. The van der Waals surface area contributed by atoms with Crippen LogP contribution in [0.5, 0.6) is 5.75 Å². The Labute approximate surface area is 125 Å². The van der Waals surface area contributed by atoms with Crippen LogP contribution in [0.25, 0.3) is 0 Å². The van der Waals surface area contributed by atoms with Gasteiger partial charge >= 0.3 is 5.97 Å². The minimum Gasteiger partial charge on any atom is -0.484 e. The topological polar surface area (TPSA) is 55.8 Å². The molecule has 116 valence electrons. The van der Waals surface area contributed by atoms with E-state index in [1.807, 2.05) is 24.3 Å². The number of carbonyl (C=O) groups excluding carboxylic acids is 2. The summed E-state index contributed by atoms with van der Waals surface area (Å²) >= 11 is 0. The van der Waals surface area contributed by atoms with E-state index in [-0.39, 0.29) is 24.9 Å². The van der Waals surface area contributed by atoms with E-state index in [2.05, 4.69) is 6.92 Å². The molecule has 0 heterocycles. The third-order valence-corrected chi connectivity index (χ3v) is 3.05. The van der Waals surface area contributed by atoms with Crippen LogP contribution in [0, 0.1) is 0 Å². The fraction of sp³-hybridized carbons (Fsp3) is 0.500. The molecule has 0 aliphatic heterocycles. The molecule has 0 aliphatic carbocycles. The van der Waals surface area contributed by atoms with E-state index in [0.717, 1.165) is 12.0 Å². The summed E-state index contributed by atoms with van der Waals surface area (Å²) in [5.74, 6) is 0.219. The number of aryl methyl sites for hydroxylation is 1. The van der Waals surface area contributed by atoms with Gasteiger partial charge in [0.25, 0.3) is 5.91 Å². The summed E-state index contributed by atoms with van der Waals surface area (Å²) in [5.41, 5.74) is 1.16. The number of hydrogen-bond acceptors (Lipinski definition) is 4. The van der Waals surface area contributed by atoms with E-state index in [9.17, 15) is 9.59 Å². The first-order valence-corrected chi connectivity index (χ1v) is 7.18. The molecule has 0 bridgehead atoms. The predicted octanol–water partition coefficient (Wildman–Crippen LogP) is 2.04. The number of hydrogen-bond donors (Lipinski definition) is 0. The Hall–Kier alpha value is -2.04. The molecule has 1 rings (SSSR count). The van der Waals surface area contributed by atoms with Gasteiger partial charge in [0.05, 0.1) is 13.0 Å². The van der Waals surface area contributed by atoms with Crippen molar-refractivity contribution < 1.29 is 19.1 Å². The maximum atomic E-state index is 11.9.